The minimum absolute atomic E-state index is 0.148. The number of hydrogen-bond donors (Lipinski definition) is 4. The molecular weight excluding hydrogens is 272 g/mol. The van der Waals surface area contributed by atoms with E-state index in [0.717, 1.165) is 0 Å². The number of fused-ring (bicyclic) bond motifs is 1. The molecule has 0 fully saturated rings. The molecule has 112 valence electrons. The number of aromatic amines is 1. The smallest absolute Gasteiger partial charge is 0.216 e. The van der Waals surface area contributed by atoms with Gasteiger partial charge in [0, 0.05) is 36.7 Å². The van der Waals surface area contributed by atoms with Gasteiger partial charge < -0.3 is 20.5 Å². The Hall–Kier alpha value is -2.18. The lowest BCUT2D eigenvalue weighted by Crippen LogP contribution is -2.27. The predicted molar refractivity (Wildman–Crippen MR) is 78.8 cm³/mol. The van der Waals surface area contributed by atoms with Gasteiger partial charge in [-0.25, -0.2) is 0 Å². The summed E-state index contributed by atoms with van der Waals surface area (Å²) in [5.74, 6) is -0.189. The van der Waals surface area contributed by atoms with Crippen molar-refractivity contribution in [3.05, 3.63) is 46.2 Å². The standard InChI is InChI=1S/C15H18N2O4/c1-9(18)16-7-6-13(20)15(21)11-4-2-3-10-12(19)5-8-17-14(10)11/h2-5,8,13,15,20-21H,6-7H2,1H3,(H,16,18)(H,17,19). The first-order valence-electron chi connectivity index (χ1n) is 6.71. The largest absolute Gasteiger partial charge is 0.390 e. The molecule has 1 aromatic carbocycles. The van der Waals surface area contributed by atoms with E-state index in [4.69, 9.17) is 0 Å². The highest BCUT2D eigenvalue weighted by Gasteiger charge is 2.20. The number of aliphatic hydroxyl groups excluding tert-OH is 2. The molecule has 1 amide bonds. The Morgan fingerprint density at radius 3 is 2.81 bits per heavy atom. The number of carbonyl (C=O) groups is 1. The molecule has 0 aliphatic carbocycles. The first-order valence-corrected chi connectivity index (χ1v) is 6.71. The van der Waals surface area contributed by atoms with E-state index >= 15 is 0 Å². The van der Waals surface area contributed by atoms with Gasteiger partial charge in [0.15, 0.2) is 5.43 Å². The van der Waals surface area contributed by atoms with E-state index in [0.29, 0.717) is 16.5 Å². The maximum absolute atomic E-state index is 11.8. The number of nitrogens with one attached hydrogen (secondary N) is 2. The normalized spacial score (nSPS) is 13.9. The molecule has 6 heteroatoms. The molecule has 0 aliphatic rings. The zero-order valence-electron chi connectivity index (χ0n) is 11.7. The molecule has 0 saturated carbocycles. The van der Waals surface area contributed by atoms with Gasteiger partial charge in [0.2, 0.25) is 5.91 Å². The average molecular weight is 290 g/mol. The SMILES string of the molecule is CC(=O)NCCC(O)C(O)c1cccc2c(=O)cc[nH]c12. The van der Waals surface area contributed by atoms with Crippen LogP contribution in [-0.2, 0) is 4.79 Å². The average Bonchev–Trinajstić information content (AvgIpc) is 2.46. The Morgan fingerprint density at radius 1 is 1.33 bits per heavy atom. The van der Waals surface area contributed by atoms with Crippen molar-refractivity contribution in [3.8, 4) is 0 Å². The van der Waals surface area contributed by atoms with E-state index in [1.165, 1.54) is 19.2 Å². The van der Waals surface area contributed by atoms with Gasteiger partial charge in [0.1, 0.15) is 6.10 Å². The molecule has 0 spiro atoms. The summed E-state index contributed by atoms with van der Waals surface area (Å²) in [6.45, 7) is 1.66. The quantitative estimate of drug-likeness (QED) is 0.642. The van der Waals surface area contributed by atoms with E-state index in [9.17, 15) is 19.8 Å². The molecule has 2 rings (SSSR count). The monoisotopic (exact) mass is 290 g/mol. The first kappa shape index (κ1) is 15.2. The Labute approximate surface area is 121 Å². The number of aliphatic hydroxyl groups is 2. The van der Waals surface area contributed by atoms with Crippen LogP contribution in [0.25, 0.3) is 10.9 Å². The summed E-state index contributed by atoms with van der Waals surface area (Å²) in [5, 5.41) is 23.3. The topological polar surface area (TPSA) is 102 Å². The van der Waals surface area contributed by atoms with Crippen LogP contribution in [0.5, 0.6) is 0 Å². The van der Waals surface area contributed by atoms with Gasteiger partial charge in [-0.2, -0.15) is 0 Å². The zero-order chi connectivity index (χ0) is 15.4. The van der Waals surface area contributed by atoms with Crippen molar-refractivity contribution in [1.82, 2.24) is 10.3 Å². The number of carbonyl (C=O) groups excluding carboxylic acids is 1. The fourth-order valence-corrected chi connectivity index (χ4v) is 2.23. The van der Waals surface area contributed by atoms with Gasteiger partial charge in [-0.1, -0.05) is 12.1 Å². The van der Waals surface area contributed by atoms with Crippen molar-refractivity contribution in [2.45, 2.75) is 25.6 Å². The lowest BCUT2D eigenvalue weighted by atomic mass is 9.99. The minimum Gasteiger partial charge on any atom is -0.390 e. The number of benzene rings is 1. The second-order valence-electron chi connectivity index (χ2n) is 4.90. The highest BCUT2D eigenvalue weighted by molar-refractivity contribution is 5.81. The Morgan fingerprint density at radius 2 is 2.10 bits per heavy atom. The number of hydrogen-bond acceptors (Lipinski definition) is 4. The maximum Gasteiger partial charge on any atom is 0.216 e. The molecular formula is C15H18N2O4. The molecule has 0 aliphatic heterocycles. The summed E-state index contributed by atoms with van der Waals surface area (Å²) in [6, 6.07) is 6.39. The van der Waals surface area contributed by atoms with Gasteiger partial charge >= 0.3 is 0 Å². The van der Waals surface area contributed by atoms with Crippen LogP contribution in [0, 0.1) is 0 Å². The first-order chi connectivity index (χ1) is 10.0. The van der Waals surface area contributed by atoms with E-state index < -0.39 is 12.2 Å². The fourth-order valence-electron chi connectivity index (χ4n) is 2.23. The molecule has 2 aromatic rings. The third-order valence-electron chi connectivity index (χ3n) is 3.32. The molecule has 2 atom stereocenters. The molecule has 1 heterocycles. The van der Waals surface area contributed by atoms with Gasteiger partial charge in [0.25, 0.3) is 0 Å². The Balaban J connectivity index is 2.23. The van der Waals surface area contributed by atoms with E-state index in [1.807, 2.05) is 0 Å². The third-order valence-corrected chi connectivity index (χ3v) is 3.32. The van der Waals surface area contributed by atoms with Crippen molar-refractivity contribution < 1.29 is 15.0 Å². The van der Waals surface area contributed by atoms with Gasteiger partial charge in [-0.3, -0.25) is 9.59 Å². The van der Waals surface area contributed by atoms with Gasteiger partial charge in [0.05, 0.1) is 11.6 Å². The summed E-state index contributed by atoms with van der Waals surface area (Å²) < 4.78 is 0. The van der Waals surface area contributed by atoms with Crippen LogP contribution in [0.2, 0.25) is 0 Å². The molecule has 0 saturated heterocycles. The van der Waals surface area contributed by atoms with Gasteiger partial charge in [-0.05, 0) is 12.5 Å². The van der Waals surface area contributed by atoms with Crippen LogP contribution in [0.1, 0.15) is 25.0 Å². The van der Waals surface area contributed by atoms with Crippen LogP contribution in [-0.4, -0.2) is 33.8 Å². The van der Waals surface area contributed by atoms with Crippen LogP contribution in [0.15, 0.2) is 35.3 Å². The lowest BCUT2D eigenvalue weighted by Gasteiger charge is -2.19. The summed E-state index contributed by atoms with van der Waals surface area (Å²) in [6.07, 6.45) is -0.453. The lowest BCUT2D eigenvalue weighted by molar-refractivity contribution is -0.119. The molecule has 0 radical (unpaired) electrons. The second-order valence-corrected chi connectivity index (χ2v) is 4.90. The van der Waals surface area contributed by atoms with Crippen LogP contribution in [0.3, 0.4) is 0 Å². The van der Waals surface area contributed by atoms with Crippen molar-refractivity contribution in [2.24, 2.45) is 0 Å². The summed E-state index contributed by atoms with van der Waals surface area (Å²) in [5.41, 5.74) is 0.821. The molecule has 4 N–H and O–H groups in total. The number of H-pyrrole nitrogens is 1. The highest BCUT2D eigenvalue weighted by Crippen LogP contribution is 2.24. The minimum atomic E-state index is -1.14. The van der Waals surface area contributed by atoms with Crippen LogP contribution in [0.4, 0.5) is 0 Å². The predicted octanol–water partition coefficient (Wildman–Crippen LogP) is 0.449. The molecule has 21 heavy (non-hydrogen) atoms. The summed E-state index contributed by atoms with van der Waals surface area (Å²) >= 11 is 0. The summed E-state index contributed by atoms with van der Waals surface area (Å²) in [7, 11) is 0. The maximum atomic E-state index is 11.8. The summed E-state index contributed by atoms with van der Waals surface area (Å²) in [4.78, 5) is 25.5. The van der Waals surface area contributed by atoms with Crippen molar-refractivity contribution >= 4 is 16.8 Å². The van der Waals surface area contributed by atoms with Crippen LogP contribution < -0.4 is 10.7 Å². The molecule has 0 bridgehead atoms. The number of para-hydroxylation sites is 1. The molecule has 6 nitrogen and oxygen atoms in total. The Bertz CT molecular complexity index is 695. The van der Waals surface area contributed by atoms with E-state index in [-0.39, 0.29) is 24.3 Å². The number of rotatable bonds is 5. The van der Waals surface area contributed by atoms with Crippen molar-refractivity contribution in [2.75, 3.05) is 6.54 Å². The molecule has 2 unspecified atom stereocenters. The Kier molecular flexibility index (Phi) is 4.72. The number of amides is 1. The number of aromatic nitrogens is 1. The van der Waals surface area contributed by atoms with Crippen molar-refractivity contribution in [3.63, 3.8) is 0 Å². The second kappa shape index (κ2) is 6.51. The number of pyridine rings is 1. The van der Waals surface area contributed by atoms with E-state index in [2.05, 4.69) is 10.3 Å². The van der Waals surface area contributed by atoms with Crippen molar-refractivity contribution in [1.29, 1.82) is 0 Å². The molecule has 1 aromatic heterocycles. The van der Waals surface area contributed by atoms with Gasteiger partial charge in [-0.15, -0.1) is 0 Å². The highest BCUT2D eigenvalue weighted by atomic mass is 16.3. The van der Waals surface area contributed by atoms with E-state index in [1.54, 1.807) is 18.2 Å². The zero-order valence-corrected chi connectivity index (χ0v) is 11.7. The third kappa shape index (κ3) is 3.48. The fraction of sp³-hybridized carbons (Fsp3) is 0.333. The van der Waals surface area contributed by atoms with Crippen LogP contribution >= 0.6 is 0 Å².